The molecule has 4 rings (SSSR count). The van der Waals surface area contributed by atoms with Crippen LogP contribution in [0.5, 0.6) is 0 Å². The van der Waals surface area contributed by atoms with Crippen LogP contribution in [0.1, 0.15) is 29.5 Å². The fraction of sp³-hybridized carbons (Fsp3) is 0.500. The van der Waals surface area contributed by atoms with Gasteiger partial charge in [0, 0.05) is 36.8 Å². The molecule has 0 radical (unpaired) electrons. The molecule has 0 unspecified atom stereocenters. The van der Waals surface area contributed by atoms with Gasteiger partial charge in [0.25, 0.3) is 5.56 Å². The van der Waals surface area contributed by atoms with Gasteiger partial charge in [-0.2, -0.15) is 13.2 Å². The average Bonchev–Trinajstić information content (AvgIpc) is 3.21. The molecule has 9 heteroatoms. The van der Waals surface area contributed by atoms with E-state index in [9.17, 15) is 22.8 Å². The minimum absolute atomic E-state index is 0. The Morgan fingerprint density at radius 2 is 1.86 bits per heavy atom. The second kappa shape index (κ2) is 7.65. The minimum Gasteiger partial charge on any atom is -0.302 e. The highest BCUT2D eigenvalue weighted by molar-refractivity contribution is 5.85. The molecule has 0 bridgehead atoms. The molecule has 1 N–H and O–H groups in total. The number of aryl methyl sites for hydroxylation is 2. The fourth-order valence-electron chi connectivity index (χ4n) is 4.44. The Labute approximate surface area is 172 Å². The number of rotatable bonds is 5. The minimum atomic E-state index is -4.31. The van der Waals surface area contributed by atoms with Crippen molar-refractivity contribution in [3.05, 3.63) is 68.0 Å². The zero-order chi connectivity index (χ0) is 20.1. The van der Waals surface area contributed by atoms with Gasteiger partial charge in [-0.1, -0.05) is 12.1 Å². The summed E-state index contributed by atoms with van der Waals surface area (Å²) in [7, 11) is 0. The zero-order valence-electron chi connectivity index (χ0n) is 16.0. The van der Waals surface area contributed by atoms with Crippen molar-refractivity contribution in [3.8, 4) is 0 Å². The van der Waals surface area contributed by atoms with Gasteiger partial charge in [-0.3, -0.25) is 9.78 Å². The quantitative estimate of drug-likeness (QED) is 0.795. The summed E-state index contributed by atoms with van der Waals surface area (Å²) in [5.41, 5.74) is 0.0979. The maximum Gasteiger partial charge on any atom is 0.416 e. The first-order valence-electron chi connectivity index (χ1n) is 9.39. The van der Waals surface area contributed by atoms with Crippen molar-refractivity contribution in [1.29, 1.82) is 0 Å². The molecule has 1 aromatic heterocycles. The van der Waals surface area contributed by atoms with E-state index in [4.69, 9.17) is 0 Å². The monoisotopic (exact) mass is 429 g/mol. The number of fused-ring (bicyclic) bond motifs is 1. The molecule has 1 aliphatic carbocycles. The van der Waals surface area contributed by atoms with Gasteiger partial charge in [0.05, 0.1) is 5.56 Å². The van der Waals surface area contributed by atoms with E-state index in [1.54, 1.807) is 25.3 Å². The number of aromatic nitrogens is 2. The number of hydrogen-bond donors (Lipinski definition) is 1. The van der Waals surface area contributed by atoms with Crippen LogP contribution in [0.3, 0.4) is 0 Å². The Morgan fingerprint density at radius 3 is 2.52 bits per heavy atom. The number of likely N-dealkylation sites (tertiary alicyclic amines) is 1. The largest absolute Gasteiger partial charge is 0.416 e. The molecule has 5 nitrogen and oxygen atoms in total. The molecular formula is C20H23ClF3N3O2. The van der Waals surface area contributed by atoms with Crippen LogP contribution in [0, 0.1) is 12.8 Å². The van der Waals surface area contributed by atoms with E-state index in [0.29, 0.717) is 18.0 Å². The molecule has 1 aromatic carbocycles. The third-order valence-corrected chi connectivity index (χ3v) is 6.07. The summed E-state index contributed by atoms with van der Waals surface area (Å²) in [6.45, 7) is 4.76. The van der Waals surface area contributed by atoms with Crippen LogP contribution in [0.4, 0.5) is 13.2 Å². The number of benzene rings is 1. The van der Waals surface area contributed by atoms with Crippen molar-refractivity contribution < 1.29 is 13.2 Å². The van der Waals surface area contributed by atoms with Gasteiger partial charge in [0.15, 0.2) is 0 Å². The fourth-order valence-corrected chi connectivity index (χ4v) is 4.44. The number of piperidine rings is 1. The molecule has 1 aliphatic heterocycles. The predicted octanol–water partition coefficient (Wildman–Crippen LogP) is 2.95. The molecular weight excluding hydrogens is 407 g/mol. The lowest BCUT2D eigenvalue weighted by Gasteiger charge is -2.21. The predicted molar refractivity (Wildman–Crippen MR) is 106 cm³/mol. The molecule has 158 valence electrons. The number of H-pyrrole nitrogens is 1. The smallest absolute Gasteiger partial charge is 0.302 e. The van der Waals surface area contributed by atoms with Gasteiger partial charge in [0.1, 0.15) is 0 Å². The van der Waals surface area contributed by atoms with Crippen LogP contribution in [-0.4, -0.2) is 34.1 Å². The van der Waals surface area contributed by atoms with Crippen molar-refractivity contribution in [2.75, 3.05) is 19.6 Å². The number of halogens is 4. The van der Waals surface area contributed by atoms with Crippen molar-refractivity contribution in [1.82, 2.24) is 14.5 Å². The first-order valence-corrected chi connectivity index (χ1v) is 9.39. The number of aromatic amines is 1. The normalized spacial score (nSPS) is 23.5. The summed E-state index contributed by atoms with van der Waals surface area (Å²) in [5.74, 6) is 0.488. The summed E-state index contributed by atoms with van der Waals surface area (Å²) in [4.78, 5) is 27.9. The first-order chi connectivity index (χ1) is 13.2. The van der Waals surface area contributed by atoms with Crippen molar-refractivity contribution >= 4 is 12.4 Å². The van der Waals surface area contributed by atoms with E-state index < -0.39 is 17.4 Å². The van der Waals surface area contributed by atoms with Crippen LogP contribution in [-0.2, 0) is 18.1 Å². The van der Waals surface area contributed by atoms with Crippen LogP contribution >= 0.6 is 12.4 Å². The van der Waals surface area contributed by atoms with Crippen LogP contribution < -0.4 is 11.2 Å². The maximum atomic E-state index is 12.8. The number of nitrogens with zero attached hydrogens (tertiary/aromatic N) is 2. The summed E-state index contributed by atoms with van der Waals surface area (Å²) in [6.07, 6.45) is -0.944. The average molecular weight is 430 g/mol. The van der Waals surface area contributed by atoms with Crippen molar-refractivity contribution in [2.45, 2.75) is 37.9 Å². The topological polar surface area (TPSA) is 58.1 Å². The van der Waals surface area contributed by atoms with E-state index in [2.05, 4.69) is 9.88 Å². The van der Waals surface area contributed by atoms with E-state index >= 15 is 0 Å². The lowest BCUT2D eigenvalue weighted by atomic mass is 9.94. The number of alkyl halides is 3. The molecule has 0 amide bonds. The van der Waals surface area contributed by atoms with Gasteiger partial charge in [-0.05, 0) is 49.9 Å². The zero-order valence-corrected chi connectivity index (χ0v) is 16.8. The van der Waals surface area contributed by atoms with Crippen LogP contribution in [0.2, 0.25) is 0 Å². The standard InChI is InChI=1S/C20H22F3N3O2.ClH/c1-13-10-26(18(28)24-17(13)27)8-2-7-25-11-16-9-19(16,12-25)14-3-5-15(6-4-14)20(21,22)23;/h3-6,10,16H,2,7-9,11-12H2,1H3,(H,24,27,28);1H/t16-,19+;/m0./s1. The van der Waals surface area contributed by atoms with E-state index in [1.165, 1.54) is 16.7 Å². The van der Waals surface area contributed by atoms with Gasteiger partial charge in [-0.15, -0.1) is 12.4 Å². The Bertz CT molecular complexity index is 1000. The van der Waals surface area contributed by atoms with Gasteiger partial charge >= 0.3 is 11.9 Å². The van der Waals surface area contributed by atoms with Crippen molar-refractivity contribution in [2.24, 2.45) is 5.92 Å². The molecule has 1 saturated carbocycles. The number of nitrogens with one attached hydrogen (secondary N) is 1. The Hall–Kier alpha value is -2.06. The SMILES string of the molecule is Cc1cn(CCCN2C[C@@H]3C[C@]3(c3ccc(C(F)(F)F)cc3)C2)c(=O)[nH]c1=O.Cl. The van der Waals surface area contributed by atoms with E-state index in [0.717, 1.165) is 38.0 Å². The second-order valence-corrected chi connectivity index (χ2v) is 7.99. The van der Waals surface area contributed by atoms with E-state index in [1.807, 2.05) is 0 Å². The highest BCUT2D eigenvalue weighted by atomic mass is 35.5. The summed E-state index contributed by atoms with van der Waals surface area (Å²) >= 11 is 0. The molecule has 2 aliphatic rings. The lowest BCUT2D eigenvalue weighted by Crippen LogP contribution is -2.32. The number of hydrogen-bond acceptors (Lipinski definition) is 3. The van der Waals surface area contributed by atoms with Crippen molar-refractivity contribution in [3.63, 3.8) is 0 Å². The lowest BCUT2D eigenvalue weighted by molar-refractivity contribution is -0.137. The Morgan fingerprint density at radius 1 is 1.17 bits per heavy atom. The highest BCUT2D eigenvalue weighted by Gasteiger charge is 2.60. The van der Waals surface area contributed by atoms with Crippen LogP contribution in [0.25, 0.3) is 0 Å². The molecule has 2 atom stereocenters. The first kappa shape index (κ1) is 21.6. The summed E-state index contributed by atoms with van der Waals surface area (Å²) in [6, 6.07) is 5.59. The third-order valence-electron chi connectivity index (χ3n) is 6.07. The van der Waals surface area contributed by atoms with E-state index in [-0.39, 0.29) is 23.4 Å². The molecule has 2 heterocycles. The molecule has 29 heavy (non-hydrogen) atoms. The summed E-state index contributed by atoms with van der Waals surface area (Å²) in [5, 5.41) is 0. The maximum absolute atomic E-state index is 12.8. The van der Waals surface area contributed by atoms with Gasteiger partial charge < -0.3 is 9.47 Å². The Balaban J connectivity index is 0.00000240. The Kier molecular flexibility index (Phi) is 5.71. The molecule has 2 aromatic rings. The molecule has 0 spiro atoms. The van der Waals surface area contributed by atoms with Crippen LogP contribution in [0.15, 0.2) is 40.1 Å². The second-order valence-electron chi connectivity index (χ2n) is 7.99. The van der Waals surface area contributed by atoms with Gasteiger partial charge in [-0.25, -0.2) is 4.79 Å². The summed E-state index contributed by atoms with van der Waals surface area (Å²) < 4.78 is 39.8. The molecule has 2 fully saturated rings. The molecule has 1 saturated heterocycles. The van der Waals surface area contributed by atoms with Gasteiger partial charge in [0.2, 0.25) is 0 Å². The highest BCUT2D eigenvalue weighted by Crippen LogP contribution is 2.59. The third kappa shape index (κ3) is 4.14.